The van der Waals surface area contributed by atoms with Gasteiger partial charge >= 0.3 is 23.3 Å². The summed E-state index contributed by atoms with van der Waals surface area (Å²) in [6.45, 7) is 36.9. The number of nitrogens with zero attached hydrogens (tertiary/aromatic N) is 6. The summed E-state index contributed by atoms with van der Waals surface area (Å²) < 4.78 is 96.8. The molecule has 2 atom stereocenters. The van der Waals surface area contributed by atoms with Crippen molar-refractivity contribution in [1.82, 2.24) is 9.13 Å². The number of hydrogen-bond donors (Lipinski definition) is 0. The smallest absolute Gasteiger partial charge is 0.392 e. The van der Waals surface area contributed by atoms with Gasteiger partial charge in [0.25, 0.3) is 0 Å². The average molecular weight is 1750 g/mol. The Balaban J connectivity index is 0.000000153. The van der Waals surface area contributed by atoms with E-state index in [-0.39, 0.29) is 74.7 Å². The lowest BCUT2D eigenvalue weighted by Crippen LogP contribution is -2.78. The van der Waals surface area contributed by atoms with E-state index in [1.54, 1.807) is 4.57 Å². The molecule has 652 valence electrons. The van der Waals surface area contributed by atoms with Crippen molar-refractivity contribution in [2.75, 3.05) is 0 Å². The summed E-state index contributed by atoms with van der Waals surface area (Å²) >= 11 is 0. The average Bonchev–Trinajstić information content (AvgIpc) is 1.48. The van der Waals surface area contributed by atoms with Crippen molar-refractivity contribution in [3.05, 3.63) is 408 Å². The molecule has 8 heteroatoms. The lowest BCUT2D eigenvalue weighted by Gasteiger charge is -2.33. The van der Waals surface area contributed by atoms with Crippen molar-refractivity contribution in [1.29, 1.82) is 0 Å². The molecule has 19 aromatic rings. The summed E-state index contributed by atoms with van der Waals surface area (Å²) in [7, 11) is 0. The molecule has 0 radical (unpaired) electrons. The zero-order valence-electron chi connectivity index (χ0n) is 86.0. The van der Waals surface area contributed by atoms with Crippen molar-refractivity contribution in [3.63, 3.8) is 0 Å². The predicted molar refractivity (Wildman–Crippen MR) is 547 cm³/mol. The van der Waals surface area contributed by atoms with Crippen LogP contribution in [-0.2, 0) is 38.8 Å². The minimum Gasteiger partial charge on any atom is -0.392 e. The van der Waals surface area contributed by atoms with E-state index in [4.69, 9.17) is 9.47 Å². The van der Waals surface area contributed by atoms with Crippen LogP contribution in [0.15, 0.2) is 358 Å². The van der Waals surface area contributed by atoms with Gasteiger partial charge in [-0.3, -0.25) is 0 Å². The Kier molecular flexibility index (Phi) is 16.4. The van der Waals surface area contributed by atoms with Crippen LogP contribution in [-0.4, -0.2) is 9.13 Å². The highest BCUT2D eigenvalue weighted by molar-refractivity contribution is 6.02. The van der Waals surface area contributed by atoms with E-state index in [0.717, 1.165) is 112 Å². The summed E-state index contributed by atoms with van der Waals surface area (Å²) in [6, 6.07) is 111. The molecule has 2 unspecified atom stereocenters. The zero-order valence-corrected chi connectivity index (χ0v) is 79.0. The van der Waals surface area contributed by atoms with Crippen molar-refractivity contribution in [2.24, 2.45) is 0 Å². The molecule has 0 saturated heterocycles. The number of rotatable bonds is 9. The second-order valence-electron chi connectivity index (χ2n) is 42.4. The highest BCUT2D eigenvalue weighted by Crippen LogP contribution is 2.59. The Morgan fingerprint density at radius 3 is 1.09 bits per heavy atom. The van der Waals surface area contributed by atoms with Crippen LogP contribution in [0, 0.1) is 13.8 Å². The van der Waals surface area contributed by atoms with Crippen molar-refractivity contribution < 1.29 is 37.3 Å². The second kappa shape index (κ2) is 29.3. The van der Waals surface area contributed by atoms with E-state index < -0.39 is 23.2 Å². The number of aromatic nitrogens is 6. The van der Waals surface area contributed by atoms with Gasteiger partial charge in [-0.15, -0.1) is 18.3 Å². The molecular weight excluding hydrogens is 1630 g/mol. The van der Waals surface area contributed by atoms with Gasteiger partial charge in [-0.2, -0.15) is 9.13 Å². The summed E-state index contributed by atoms with van der Waals surface area (Å²) in [5, 5.41) is 0. The number of aryl methyl sites for hydroxylation is 2. The van der Waals surface area contributed by atoms with Crippen LogP contribution in [0.1, 0.15) is 164 Å². The normalized spacial score (nSPS) is 16.1. The fraction of sp³-hybridized carbons (Fsp3) is 0.190. The number of imidazole rings is 2. The fourth-order valence-corrected chi connectivity index (χ4v) is 21.7. The van der Waals surface area contributed by atoms with Gasteiger partial charge in [-0.25, -0.2) is 0 Å². The van der Waals surface area contributed by atoms with Gasteiger partial charge < -0.3 is 9.47 Å². The maximum absolute atomic E-state index is 10.3. The molecule has 0 N–H and O–H groups in total. The first-order chi connectivity index (χ1) is 67.3. The monoisotopic (exact) mass is 1750 g/mol. The molecule has 6 aliphatic rings. The quantitative estimate of drug-likeness (QED) is 0.135. The van der Waals surface area contributed by atoms with E-state index >= 15 is 0 Å². The standard InChI is InChI=1S/C64H53N3O.C62H57N3O/c1-40-35-57(52(44-19-12-9-13-20-44)39-51(40)45-29-31-47(32-30-45)62(2,3)4)66-55-23-16-22-49-53-37-48(63(5,6)7)38-54-56-36-46(43-27-25-42(26-28-43)41-17-10-8-11-18-41)33-34-65(56)64(59(53)54)67(60(49)55)61(66)50-21-14-15-24-58(50)68-64;1-38-33-54(49(40-17-12-11-13-18-40)37-48(38)41-25-29-44(30-26-41)60(5,6)7)64-52-21-16-20-46-50-35-45(61(8,9)10)36-51-53-34-42(39-23-27-43(28-24-39)59(2,3)4)31-32-63(53)62(56(50)51)65(57(46)52)58(64)47-19-14-15-22-55(47)66-62/h8-39H,1-7H3;11-37H,1-10H3/q2*+2/i;23D,24D,27D,28D,31D,32D,34D. The lowest BCUT2D eigenvalue weighted by atomic mass is 9.80. The third kappa shape index (κ3) is 12.4. The molecule has 0 bridgehead atoms. The molecule has 0 aliphatic carbocycles. The highest BCUT2D eigenvalue weighted by Gasteiger charge is 2.71. The predicted octanol–water partition coefficient (Wildman–Crippen LogP) is 29.6. The van der Waals surface area contributed by atoms with Crippen LogP contribution in [0.5, 0.6) is 11.5 Å². The largest absolute Gasteiger partial charge is 0.499 e. The van der Waals surface area contributed by atoms with E-state index in [1.165, 1.54) is 89.0 Å². The molecule has 10 heterocycles. The molecule has 134 heavy (non-hydrogen) atoms. The molecule has 0 saturated carbocycles. The summed E-state index contributed by atoms with van der Waals surface area (Å²) in [4.78, 5) is 0. The first-order valence-electron chi connectivity index (χ1n) is 50.5. The Labute approximate surface area is 796 Å². The maximum Gasteiger partial charge on any atom is 0.499 e. The number of benzene rings is 15. The number of pyridine rings is 2. The van der Waals surface area contributed by atoms with Crippen molar-refractivity contribution in [2.45, 2.75) is 156 Å². The molecule has 15 aromatic carbocycles. The minimum atomic E-state index is -1.68. The summed E-state index contributed by atoms with van der Waals surface area (Å²) in [5.41, 5.74) is 37.2. The fourth-order valence-electron chi connectivity index (χ4n) is 21.7. The van der Waals surface area contributed by atoms with Crippen LogP contribution >= 0.6 is 0 Å². The van der Waals surface area contributed by atoms with Crippen LogP contribution in [0.3, 0.4) is 0 Å². The highest BCUT2D eigenvalue weighted by atomic mass is 16.5. The molecule has 0 fully saturated rings. The molecular formula is C126H110N6O2+4. The Hall–Kier alpha value is -14.9. The first-order valence-corrected chi connectivity index (χ1v) is 47.0. The number of para-hydroxylation sites is 4. The zero-order chi connectivity index (χ0) is 98.0. The molecule has 2 spiro atoms. The second-order valence-corrected chi connectivity index (χ2v) is 42.4. The molecule has 4 aromatic heterocycles. The Morgan fingerprint density at radius 1 is 0.269 bits per heavy atom. The van der Waals surface area contributed by atoms with Gasteiger partial charge in [-0.1, -0.05) is 328 Å². The van der Waals surface area contributed by atoms with Crippen molar-refractivity contribution >= 4 is 22.1 Å². The Morgan fingerprint density at radius 2 is 0.642 bits per heavy atom. The van der Waals surface area contributed by atoms with E-state index in [2.05, 4.69) is 411 Å². The number of fused-ring (bicyclic) bond motifs is 10. The number of hydrogen-bond acceptors (Lipinski definition) is 2. The molecule has 25 rings (SSSR count). The Bertz CT molecular complexity index is 8590. The van der Waals surface area contributed by atoms with Crippen LogP contribution in [0.4, 0.5) is 0 Å². The van der Waals surface area contributed by atoms with Gasteiger partial charge in [0.2, 0.25) is 11.4 Å². The van der Waals surface area contributed by atoms with Gasteiger partial charge in [0.15, 0.2) is 34.4 Å². The van der Waals surface area contributed by atoms with Crippen LogP contribution in [0.2, 0.25) is 0 Å². The van der Waals surface area contributed by atoms with Gasteiger partial charge in [-0.05, 0) is 244 Å². The minimum absolute atomic E-state index is 0.00694. The maximum atomic E-state index is 10.3. The number of ether oxygens (including phenoxy) is 2. The topological polar surface area (TPSA) is 43.8 Å². The summed E-state index contributed by atoms with van der Waals surface area (Å²) in [6.07, 6.45) is 1.98. The lowest BCUT2D eigenvalue weighted by molar-refractivity contribution is -0.998. The molecule has 8 nitrogen and oxygen atoms in total. The SMILES string of the molecule is Cc1cc(-n2c3[n+]4c5c(cccc52)-c2cc(C(C)(C)C)cc5c2C4(Oc2ccccc2-3)[n+]2ccc(-c3ccc(-c4ccccc4)cc3)cc2-5)c(-c2ccccc2)cc1-c1ccc(C(C)(C)C)cc1.[2H]c1c([2H])c(C(C)(C)C)c([2H])c([2H])c1-c1c([2H])c([2H])[n+]2c(c1[2H])-c1cc(C(C)(C)C)cc3c1C21Oc2ccccc2-c2n(-c4cc(C)c(-c5ccc(C(C)(C)C)cc5)cc4-c4ccccc4)c4cccc-3c4[n+]21. The van der Waals surface area contributed by atoms with Gasteiger partial charge in [0.05, 0.1) is 19.4 Å². The van der Waals surface area contributed by atoms with Crippen LogP contribution in [0.25, 0.3) is 179 Å². The third-order valence-electron chi connectivity index (χ3n) is 28.7. The molecule has 6 aliphatic heterocycles. The van der Waals surface area contributed by atoms with E-state index in [9.17, 15) is 9.60 Å². The van der Waals surface area contributed by atoms with E-state index in [0.29, 0.717) is 22.6 Å². The van der Waals surface area contributed by atoms with Crippen LogP contribution < -0.4 is 27.7 Å². The van der Waals surface area contributed by atoms with Gasteiger partial charge in [0, 0.05) is 57.6 Å². The first kappa shape index (κ1) is 74.8. The van der Waals surface area contributed by atoms with E-state index in [1.807, 2.05) is 45.0 Å². The summed E-state index contributed by atoms with van der Waals surface area (Å²) in [5.74, 6) is 0.556. The molecule has 0 amide bonds. The third-order valence-corrected chi connectivity index (χ3v) is 28.7. The van der Waals surface area contributed by atoms with Crippen molar-refractivity contribution in [3.8, 4) is 168 Å². The van der Waals surface area contributed by atoms with Gasteiger partial charge in [0.1, 0.15) is 46.5 Å².